The third-order valence-electron chi connectivity index (χ3n) is 3.81. The lowest BCUT2D eigenvalue weighted by molar-refractivity contribution is 0.0600. The molecule has 1 heterocycles. The second-order valence-corrected chi connectivity index (χ2v) is 5.40. The van der Waals surface area contributed by atoms with Gasteiger partial charge in [-0.25, -0.2) is 9.59 Å². The van der Waals surface area contributed by atoms with Crippen LogP contribution in [-0.2, 0) is 4.74 Å². The summed E-state index contributed by atoms with van der Waals surface area (Å²) in [5, 5.41) is 5.68. The number of methoxy groups -OCH3 is 1. The predicted molar refractivity (Wildman–Crippen MR) is 89.2 cm³/mol. The predicted octanol–water partition coefficient (Wildman–Crippen LogP) is 3.12. The highest BCUT2D eigenvalue weighted by molar-refractivity contribution is 5.94. The van der Waals surface area contributed by atoms with Gasteiger partial charge in [0.15, 0.2) is 0 Å². The zero-order valence-electron chi connectivity index (χ0n) is 13.2. The van der Waals surface area contributed by atoms with Crippen molar-refractivity contribution in [2.75, 3.05) is 19.0 Å². The molecule has 24 heavy (non-hydrogen) atoms. The van der Waals surface area contributed by atoms with Crippen LogP contribution in [0.2, 0.25) is 0 Å². The Morgan fingerprint density at radius 1 is 1.17 bits per heavy atom. The lowest BCUT2D eigenvalue weighted by Crippen LogP contribution is -2.35. The van der Waals surface area contributed by atoms with Crippen LogP contribution in [0.1, 0.15) is 28.4 Å². The standard InChI is InChI=1S/C18H18N2O4/c1-23-17(21)12-5-4-6-13(11-12)19-18(22)20-15-9-10-24-16-8-3-2-7-14(15)16/h2-8,11,15H,9-10H2,1H3,(H2,19,20,22). The summed E-state index contributed by atoms with van der Waals surface area (Å²) in [5.74, 6) is 0.346. The summed E-state index contributed by atoms with van der Waals surface area (Å²) in [7, 11) is 1.32. The molecule has 0 aromatic heterocycles. The number of ether oxygens (including phenoxy) is 2. The molecule has 1 unspecified atom stereocenters. The first-order valence-corrected chi connectivity index (χ1v) is 7.65. The Morgan fingerprint density at radius 2 is 2.00 bits per heavy atom. The number of urea groups is 1. The molecule has 124 valence electrons. The molecular weight excluding hydrogens is 308 g/mol. The third-order valence-corrected chi connectivity index (χ3v) is 3.81. The van der Waals surface area contributed by atoms with Gasteiger partial charge in [-0.05, 0) is 24.3 Å². The Labute approximate surface area is 139 Å². The van der Waals surface area contributed by atoms with Gasteiger partial charge in [-0.1, -0.05) is 24.3 Å². The van der Waals surface area contributed by atoms with E-state index in [2.05, 4.69) is 15.4 Å². The van der Waals surface area contributed by atoms with Crippen LogP contribution >= 0.6 is 0 Å². The molecule has 2 amide bonds. The minimum absolute atomic E-state index is 0.112. The van der Waals surface area contributed by atoms with E-state index in [0.717, 1.165) is 11.3 Å². The number of anilines is 1. The van der Waals surface area contributed by atoms with Gasteiger partial charge in [-0.15, -0.1) is 0 Å². The Hall–Kier alpha value is -3.02. The first kappa shape index (κ1) is 15.9. The van der Waals surface area contributed by atoms with Gasteiger partial charge in [0.05, 0.1) is 25.3 Å². The van der Waals surface area contributed by atoms with Gasteiger partial charge in [-0.3, -0.25) is 0 Å². The summed E-state index contributed by atoms with van der Waals surface area (Å²) in [6.07, 6.45) is 0.701. The number of hydrogen-bond donors (Lipinski definition) is 2. The monoisotopic (exact) mass is 326 g/mol. The average molecular weight is 326 g/mol. The smallest absolute Gasteiger partial charge is 0.337 e. The minimum atomic E-state index is -0.447. The van der Waals surface area contributed by atoms with Crippen LogP contribution in [0.25, 0.3) is 0 Å². The SMILES string of the molecule is COC(=O)c1cccc(NC(=O)NC2CCOc3ccccc32)c1. The van der Waals surface area contributed by atoms with Gasteiger partial charge in [0.1, 0.15) is 5.75 Å². The second-order valence-electron chi connectivity index (χ2n) is 5.40. The fourth-order valence-electron chi connectivity index (χ4n) is 2.66. The number of carbonyl (C=O) groups excluding carboxylic acids is 2. The first-order valence-electron chi connectivity index (χ1n) is 7.65. The number of hydrogen-bond acceptors (Lipinski definition) is 4. The van der Waals surface area contributed by atoms with Crippen molar-refractivity contribution >= 4 is 17.7 Å². The van der Waals surface area contributed by atoms with E-state index in [4.69, 9.17) is 4.74 Å². The summed E-state index contributed by atoms with van der Waals surface area (Å²) < 4.78 is 10.3. The molecule has 3 rings (SSSR count). The average Bonchev–Trinajstić information content (AvgIpc) is 2.61. The lowest BCUT2D eigenvalue weighted by Gasteiger charge is -2.26. The molecule has 2 aromatic rings. The highest BCUT2D eigenvalue weighted by Gasteiger charge is 2.22. The highest BCUT2D eigenvalue weighted by atomic mass is 16.5. The fraction of sp³-hybridized carbons (Fsp3) is 0.222. The van der Waals surface area contributed by atoms with Gasteiger partial charge >= 0.3 is 12.0 Å². The van der Waals surface area contributed by atoms with Gasteiger partial charge < -0.3 is 20.1 Å². The molecule has 0 aliphatic carbocycles. The van der Waals surface area contributed by atoms with Crippen molar-refractivity contribution in [3.8, 4) is 5.75 Å². The summed E-state index contributed by atoms with van der Waals surface area (Å²) >= 11 is 0. The molecule has 0 fully saturated rings. The number of carbonyl (C=O) groups is 2. The molecule has 0 saturated heterocycles. The van der Waals surface area contributed by atoms with E-state index < -0.39 is 5.97 Å². The number of nitrogens with one attached hydrogen (secondary N) is 2. The summed E-state index contributed by atoms with van der Waals surface area (Å²) in [6, 6.07) is 13.8. The van der Waals surface area contributed by atoms with E-state index in [1.165, 1.54) is 7.11 Å². The van der Waals surface area contributed by atoms with Crippen molar-refractivity contribution < 1.29 is 19.1 Å². The molecule has 6 nitrogen and oxygen atoms in total. The second kappa shape index (κ2) is 7.04. The van der Waals surface area contributed by atoms with E-state index in [-0.39, 0.29) is 12.1 Å². The maximum atomic E-state index is 12.3. The Balaban J connectivity index is 1.68. The normalized spacial score (nSPS) is 15.6. The third kappa shape index (κ3) is 3.48. The minimum Gasteiger partial charge on any atom is -0.493 e. The fourth-order valence-corrected chi connectivity index (χ4v) is 2.66. The number of rotatable bonds is 3. The van der Waals surface area contributed by atoms with Crippen molar-refractivity contribution in [3.63, 3.8) is 0 Å². The molecule has 1 atom stereocenters. The van der Waals surface area contributed by atoms with Crippen molar-refractivity contribution in [1.29, 1.82) is 0 Å². The van der Waals surface area contributed by atoms with Crippen molar-refractivity contribution in [2.45, 2.75) is 12.5 Å². The number of esters is 1. The highest BCUT2D eigenvalue weighted by Crippen LogP contribution is 2.31. The van der Waals surface area contributed by atoms with Gasteiger partial charge in [0.2, 0.25) is 0 Å². The van der Waals surface area contributed by atoms with Crippen molar-refractivity contribution in [2.24, 2.45) is 0 Å². The largest absolute Gasteiger partial charge is 0.493 e. The first-order chi connectivity index (χ1) is 11.7. The van der Waals surface area contributed by atoms with Crippen LogP contribution in [0.15, 0.2) is 48.5 Å². The quantitative estimate of drug-likeness (QED) is 0.850. The lowest BCUT2D eigenvalue weighted by atomic mass is 10.0. The van der Waals surface area contributed by atoms with Crippen LogP contribution in [0.4, 0.5) is 10.5 Å². The van der Waals surface area contributed by atoms with E-state index >= 15 is 0 Å². The summed E-state index contributed by atoms with van der Waals surface area (Å²) in [5.41, 5.74) is 1.87. The maximum absolute atomic E-state index is 12.3. The zero-order valence-corrected chi connectivity index (χ0v) is 13.2. The Bertz CT molecular complexity index is 760. The zero-order chi connectivity index (χ0) is 16.9. The van der Waals surface area contributed by atoms with Crippen LogP contribution in [0, 0.1) is 0 Å². The molecule has 2 N–H and O–H groups in total. The van der Waals surface area contributed by atoms with Crippen LogP contribution < -0.4 is 15.4 Å². The van der Waals surface area contributed by atoms with E-state index in [0.29, 0.717) is 24.3 Å². The van der Waals surface area contributed by atoms with Gasteiger partial charge in [0.25, 0.3) is 0 Å². The molecule has 0 radical (unpaired) electrons. The Morgan fingerprint density at radius 3 is 2.83 bits per heavy atom. The topological polar surface area (TPSA) is 76.7 Å². The van der Waals surface area contributed by atoms with Crippen molar-refractivity contribution in [3.05, 3.63) is 59.7 Å². The number of fused-ring (bicyclic) bond motifs is 1. The molecule has 0 saturated carbocycles. The van der Waals surface area contributed by atoms with Crippen LogP contribution in [-0.4, -0.2) is 25.7 Å². The van der Waals surface area contributed by atoms with Crippen LogP contribution in [0.5, 0.6) is 5.75 Å². The molecule has 1 aliphatic heterocycles. The number of benzene rings is 2. The van der Waals surface area contributed by atoms with E-state index in [1.807, 2.05) is 24.3 Å². The number of para-hydroxylation sites is 1. The Kier molecular flexibility index (Phi) is 4.65. The van der Waals surface area contributed by atoms with E-state index in [1.54, 1.807) is 24.3 Å². The summed E-state index contributed by atoms with van der Waals surface area (Å²) in [4.78, 5) is 23.8. The molecule has 1 aliphatic rings. The van der Waals surface area contributed by atoms with Gasteiger partial charge in [-0.2, -0.15) is 0 Å². The van der Waals surface area contributed by atoms with Crippen LogP contribution in [0.3, 0.4) is 0 Å². The molecule has 2 aromatic carbocycles. The summed E-state index contributed by atoms with van der Waals surface area (Å²) in [6.45, 7) is 0.555. The maximum Gasteiger partial charge on any atom is 0.337 e. The van der Waals surface area contributed by atoms with Gasteiger partial charge in [0, 0.05) is 17.7 Å². The molecule has 0 bridgehead atoms. The molecule has 0 spiro atoms. The van der Waals surface area contributed by atoms with Crippen molar-refractivity contribution in [1.82, 2.24) is 5.32 Å². The molecular formula is C18H18N2O4. The number of amides is 2. The van der Waals surface area contributed by atoms with E-state index in [9.17, 15) is 9.59 Å². The molecule has 6 heteroatoms.